The summed E-state index contributed by atoms with van der Waals surface area (Å²) in [4.78, 5) is 0. The van der Waals surface area contributed by atoms with E-state index < -0.39 is 0 Å². The molecule has 0 unspecified atom stereocenters. The topological polar surface area (TPSA) is 65.7 Å². The van der Waals surface area contributed by atoms with Gasteiger partial charge in [0.2, 0.25) is 5.75 Å². The van der Waals surface area contributed by atoms with E-state index in [4.69, 9.17) is 19.9 Å². The van der Waals surface area contributed by atoms with Crippen LogP contribution in [-0.2, 0) is 6.54 Å². The summed E-state index contributed by atoms with van der Waals surface area (Å²) in [5.74, 6) is 1.93. The van der Waals surface area contributed by atoms with E-state index in [1.807, 2.05) is 19.1 Å². The largest absolute Gasteiger partial charge is 0.493 e. The third-order valence-electron chi connectivity index (χ3n) is 2.73. The molecule has 0 amide bonds. The van der Waals surface area contributed by atoms with Crippen LogP contribution in [0.1, 0.15) is 12.5 Å². The van der Waals surface area contributed by atoms with Crippen molar-refractivity contribution in [3.05, 3.63) is 17.7 Å². The van der Waals surface area contributed by atoms with Gasteiger partial charge in [0.05, 0.1) is 21.3 Å². The van der Waals surface area contributed by atoms with Gasteiger partial charge >= 0.3 is 0 Å². The van der Waals surface area contributed by atoms with E-state index >= 15 is 0 Å². The molecule has 0 heterocycles. The molecule has 1 rings (SSSR count). The summed E-state index contributed by atoms with van der Waals surface area (Å²) in [6.45, 7) is 3.34. The molecule has 0 aliphatic heterocycles. The third-order valence-corrected chi connectivity index (χ3v) is 2.73. The molecule has 0 saturated heterocycles. The number of rotatable bonds is 7. The predicted octanol–water partition coefficient (Wildman–Crippen LogP) is 1.15. The molecule has 18 heavy (non-hydrogen) atoms. The number of hydrogen-bond acceptors (Lipinski definition) is 5. The molecule has 0 aromatic heterocycles. The molecule has 1 atom stereocenters. The Balaban J connectivity index is 2.93. The first-order chi connectivity index (χ1) is 8.65. The van der Waals surface area contributed by atoms with Gasteiger partial charge in [-0.2, -0.15) is 0 Å². The molecule has 0 saturated carbocycles. The number of methoxy groups -OCH3 is 3. The Morgan fingerprint density at radius 3 is 2.06 bits per heavy atom. The summed E-state index contributed by atoms with van der Waals surface area (Å²) in [5, 5.41) is 3.31. The van der Waals surface area contributed by atoms with Crippen molar-refractivity contribution in [3.63, 3.8) is 0 Å². The van der Waals surface area contributed by atoms with Crippen LogP contribution in [0.15, 0.2) is 12.1 Å². The minimum Gasteiger partial charge on any atom is -0.493 e. The second-order valence-electron chi connectivity index (χ2n) is 4.05. The van der Waals surface area contributed by atoms with E-state index in [9.17, 15) is 0 Å². The highest BCUT2D eigenvalue weighted by molar-refractivity contribution is 5.53. The van der Waals surface area contributed by atoms with E-state index in [1.165, 1.54) is 0 Å². The van der Waals surface area contributed by atoms with Crippen LogP contribution in [0.2, 0.25) is 0 Å². The van der Waals surface area contributed by atoms with E-state index in [0.717, 1.165) is 5.56 Å². The molecule has 1 aromatic carbocycles. The van der Waals surface area contributed by atoms with Crippen LogP contribution in [0.5, 0.6) is 17.2 Å². The van der Waals surface area contributed by atoms with E-state index in [0.29, 0.717) is 30.3 Å². The van der Waals surface area contributed by atoms with Crippen molar-refractivity contribution in [1.29, 1.82) is 0 Å². The average molecular weight is 254 g/mol. The lowest BCUT2D eigenvalue weighted by atomic mass is 10.1. The first kappa shape index (κ1) is 14.6. The molecular weight excluding hydrogens is 232 g/mol. The van der Waals surface area contributed by atoms with Crippen LogP contribution >= 0.6 is 0 Å². The number of hydrogen-bond donors (Lipinski definition) is 2. The van der Waals surface area contributed by atoms with Crippen molar-refractivity contribution in [3.8, 4) is 17.2 Å². The zero-order valence-corrected chi connectivity index (χ0v) is 11.4. The maximum atomic E-state index is 5.56. The summed E-state index contributed by atoms with van der Waals surface area (Å²) >= 11 is 0. The minimum atomic E-state index is 0.268. The van der Waals surface area contributed by atoms with Gasteiger partial charge in [-0.05, 0) is 24.6 Å². The Morgan fingerprint density at radius 2 is 1.67 bits per heavy atom. The maximum Gasteiger partial charge on any atom is 0.203 e. The van der Waals surface area contributed by atoms with Gasteiger partial charge in [-0.3, -0.25) is 0 Å². The van der Waals surface area contributed by atoms with Crippen LogP contribution in [0.25, 0.3) is 0 Å². The number of nitrogens with one attached hydrogen (secondary N) is 1. The molecule has 0 bridgehead atoms. The number of ether oxygens (including phenoxy) is 3. The van der Waals surface area contributed by atoms with Crippen LogP contribution in [0.3, 0.4) is 0 Å². The fraction of sp³-hybridized carbons (Fsp3) is 0.538. The maximum absolute atomic E-state index is 5.56. The van der Waals surface area contributed by atoms with E-state index in [2.05, 4.69) is 5.32 Å². The standard InChI is InChI=1S/C13H22N2O3/c1-9(7-14)15-8-10-5-11(16-2)13(18-4)12(6-10)17-3/h5-6,9,15H,7-8,14H2,1-4H3/t9-/m0/s1. The Hall–Kier alpha value is -1.46. The summed E-state index contributed by atoms with van der Waals surface area (Å²) in [6.07, 6.45) is 0. The van der Waals surface area contributed by atoms with Crippen LogP contribution in [-0.4, -0.2) is 33.9 Å². The summed E-state index contributed by atoms with van der Waals surface area (Å²) < 4.78 is 15.9. The Kier molecular flexibility index (Phi) is 5.74. The molecule has 102 valence electrons. The third kappa shape index (κ3) is 3.51. The second kappa shape index (κ2) is 7.08. The summed E-state index contributed by atoms with van der Waals surface area (Å²) in [7, 11) is 4.81. The fourth-order valence-electron chi connectivity index (χ4n) is 1.61. The zero-order chi connectivity index (χ0) is 13.5. The van der Waals surface area contributed by atoms with Crippen molar-refractivity contribution in [2.45, 2.75) is 19.5 Å². The van der Waals surface area contributed by atoms with Gasteiger partial charge in [-0.1, -0.05) is 0 Å². The van der Waals surface area contributed by atoms with Crippen molar-refractivity contribution < 1.29 is 14.2 Å². The van der Waals surface area contributed by atoms with Gasteiger partial charge in [0.1, 0.15) is 0 Å². The Labute approximate surface area is 108 Å². The monoisotopic (exact) mass is 254 g/mol. The fourth-order valence-corrected chi connectivity index (χ4v) is 1.61. The van der Waals surface area contributed by atoms with Gasteiger partial charge in [0.25, 0.3) is 0 Å². The molecular formula is C13H22N2O3. The lowest BCUT2D eigenvalue weighted by Crippen LogP contribution is -2.32. The normalized spacial score (nSPS) is 12.1. The van der Waals surface area contributed by atoms with Gasteiger partial charge in [0.15, 0.2) is 11.5 Å². The molecule has 0 fully saturated rings. The quantitative estimate of drug-likeness (QED) is 0.764. The lowest BCUT2D eigenvalue weighted by molar-refractivity contribution is 0.323. The highest BCUT2D eigenvalue weighted by Crippen LogP contribution is 2.38. The molecule has 0 radical (unpaired) electrons. The highest BCUT2D eigenvalue weighted by atomic mass is 16.5. The van der Waals surface area contributed by atoms with Gasteiger partial charge in [-0.15, -0.1) is 0 Å². The van der Waals surface area contributed by atoms with Crippen LogP contribution in [0, 0.1) is 0 Å². The molecule has 0 aliphatic rings. The molecule has 5 heteroatoms. The van der Waals surface area contributed by atoms with E-state index in [-0.39, 0.29) is 6.04 Å². The zero-order valence-electron chi connectivity index (χ0n) is 11.4. The summed E-state index contributed by atoms with van der Waals surface area (Å²) in [6, 6.07) is 4.12. The highest BCUT2D eigenvalue weighted by Gasteiger charge is 2.13. The predicted molar refractivity (Wildman–Crippen MR) is 71.5 cm³/mol. The molecule has 0 aliphatic carbocycles. The van der Waals surface area contributed by atoms with Crippen molar-refractivity contribution >= 4 is 0 Å². The number of nitrogens with two attached hydrogens (primary N) is 1. The smallest absolute Gasteiger partial charge is 0.203 e. The molecule has 5 nitrogen and oxygen atoms in total. The van der Waals surface area contributed by atoms with Gasteiger partial charge in [0, 0.05) is 19.1 Å². The summed E-state index contributed by atoms with van der Waals surface area (Å²) in [5.41, 5.74) is 6.62. The molecule has 0 spiro atoms. The van der Waals surface area contributed by atoms with Crippen LogP contribution < -0.4 is 25.3 Å². The first-order valence-corrected chi connectivity index (χ1v) is 5.88. The first-order valence-electron chi connectivity index (χ1n) is 5.88. The van der Waals surface area contributed by atoms with E-state index in [1.54, 1.807) is 21.3 Å². The Morgan fingerprint density at radius 1 is 1.11 bits per heavy atom. The molecule has 1 aromatic rings. The lowest BCUT2D eigenvalue weighted by Gasteiger charge is -2.16. The number of benzene rings is 1. The van der Waals surface area contributed by atoms with Crippen molar-refractivity contribution in [1.82, 2.24) is 5.32 Å². The van der Waals surface area contributed by atoms with Crippen molar-refractivity contribution in [2.75, 3.05) is 27.9 Å². The van der Waals surface area contributed by atoms with Crippen LogP contribution in [0.4, 0.5) is 0 Å². The second-order valence-corrected chi connectivity index (χ2v) is 4.05. The molecule has 3 N–H and O–H groups in total. The van der Waals surface area contributed by atoms with Gasteiger partial charge in [-0.25, -0.2) is 0 Å². The Bertz CT molecular complexity index is 357. The van der Waals surface area contributed by atoms with Crippen molar-refractivity contribution in [2.24, 2.45) is 5.73 Å². The SMILES string of the molecule is COc1cc(CN[C@@H](C)CN)cc(OC)c1OC. The average Bonchev–Trinajstić information content (AvgIpc) is 2.43. The minimum absolute atomic E-state index is 0.268. The van der Waals surface area contributed by atoms with Gasteiger partial charge < -0.3 is 25.3 Å².